The summed E-state index contributed by atoms with van der Waals surface area (Å²) in [6, 6.07) is 0.244. The van der Waals surface area contributed by atoms with Crippen LogP contribution in [0.1, 0.15) is 33.1 Å². The molecule has 1 atom stereocenters. The molecule has 5 nitrogen and oxygen atoms in total. The van der Waals surface area contributed by atoms with Crippen molar-refractivity contribution >= 4 is 11.8 Å². The van der Waals surface area contributed by atoms with Crippen LogP contribution in [0.25, 0.3) is 0 Å². The summed E-state index contributed by atoms with van der Waals surface area (Å²) < 4.78 is 0. The molecule has 1 aliphatic rings. The minimum absolute atomic E-state index is 0.127. The van der Waals surface area contributed by atoms with Gasteiger partial charge in [0.2, 0.25) is 11.8 Å². The molecular weight excluding hydrogens is 194 g/mol. The topological polar surface area (TPSA) is 84.2 Å². The van der Waals surface area contributed by atoms with Gasteiger partial charge in [-0.25, -0.2) is 0 Å². The molecule has 0 aromatic carbocycles. The van der Waals surface area contributed by atoms with Crippen LogP contribution in [0.15, 0.2) is 0 Å². The highest BCUT2D eigenvalue weighted by atomic mass is 16.2. The Hall–Kier alpha value is -1.10. The summed E-state index contributed by atoms with van der Waals surface area (Å²) in [5.74, 6) is -0.645. The van der Waals surface area contributed by atoms with E-state index in [1.54, 1.807) is 13.8 Å². The van der Waals surface area contributed by atoms with E-state index in [9.17, 15) is 9.59 Å². The van der Waals surface area contributed by atoms with E-state index in [1.165, 1.54) is 0 Å². The maximum Gasteiger partial charge on any atom is 0.242 e. The van der Waals surface area contributed by atoms with Gasteiger partial charge in [0, 0.05) is 12.5 Å². The molecule has 0 spiro atoms. The summed E-state index contributed by atoms with van der Waals surface area (Å²) in [6.07, 6.45) is 2.54. The number of rotatable bonds is 4. The number of primary amides is 1. The molecule has 0 saturated carbocycles. The fourth-order valence-electron chi connectivity index (χ4n) is 1.62. The second-order valence-electron chi connectivity index (χ2n) is 4.53. The first-order chi connectivity index (χ1) is 6.92. The Labute approximate surface area is 89.8 Å². The summed E-state index contributed by atoms with van der Waals surface area (Å²) in [5, 5.41) is 5.85. The first-order valence-corrected chi connectivity index (χ1v) is 5.26. The maximum atomic E-state index is 11.6. The van der Waals surface area contributed by atoms with Gasteiger partial charge in [-0.15, -0.1) is 0 Å². The van der Waals surface area contributed by atoms with Crippen molar-refractivity contribution in [1.82, 2.24) is 10.6 Å². The van der Waals surface area contributed by atoms with Crippen LogP contribution in [0.3, 0.4) is 0 Å². The quantitative estimate of drug-likeness (QED) is 0.589. The molecule has 15 heavy (non-hydrogen) atoms. The number of carbonyl (C=O) groups is 2. The van der Waals surface area contributed by atoms with Gasteiger partial charge >= 0.3 is 0 Å². The van der Waals surface area contributed by atoms with Crippen LogP contribution >= 0.6 is 0 Å². The first-order valence-electron chi connectivity index (χ1n) is 5.26. The lowest BCUT2D eigenvalue weighted by Gasteiger charge is -2.23. The molecule has 4 N–H and O–H groups in total. The zero-order chi connectivity index (χ0) is 11.5. The number of hydrogen-bond acceptors (Lipinski definition) is 3. The van der Waals surface area contributed by atoms with Gasteiger partial charge in [-0.2, -0.15) is 0 Å². The van der Waals surface area contributed by atoms with Crippen molar-refractivity contribution in [2.75, 3.05) is 6.54 Å². The van der Waals surface area contributed by atoms with Crippen molar-refractivity contribution in [1.29, 1.82) is 0 Å². The average Bonchev–Trinajstić information content (AvgIpc) is 2.54. The van der Waals surface area contributed by atoms with E-state index in [1.807, 2.05) is 0 Å². The summed E-state index contributed by atoms with van der Waals surface area (Å²) in [5.41, 5.74) is 4.19. The Balaban J connectivity index is 2.38. The van der Waals surface area contributed by atoms with Crippen LogP contribution in [0.5, 0.6) is 0 Å². The van der Waals surface area contributed by atoms with Gasteiger partial charge in [-0.1, -0.05) is 0 Å². The molecule has 2 amide bonds. The SMILES string of the molecule is CC(C)(NC(=O)CC1CCCN1)C(N)=O. The molecule has 0 bridgehead atoms. The number of nitrogens with one attached hydrogen (secondary N) is 2. The summed E-state index contributed by atoms with van der Waals surface area (Å²) >= 11 is 0. The molecule has 1 heterocycles. The molecule has 1 rings (SSSR count). The van der Waals surface area contributed by atoms with Gasteiger partial charge < -0.3 is 16.4 Å². The van der Waals surface area contributed by atoms with Gasteiger partial charge in [-0.05, 0) is 33.2 Å². The average molecular weight is 213 g/mol. The van der Waals surface area contributed by atoms with Crippen LogP contribution in [-0.2, 0) is 9.59 Å². The van der Waals surface area contributed by atoms with Crippen molar-refractivity contribution < 1.29 is 9.59 Å². The predicted octanol–water partition coefficient (Wildman–Crippen LogP) is -0.491. The molecule has 0 radical (unpaired) electrons. The van der Waals surface area contributed by atoms with E-state index in [4.69, 9.17) is 5.73 Å². The molecule has 1 saturated heterocycles. The van der Waals surface area contributed by atoms with Crippen LogP contribution < -0.4 is 16.4 Å². The minimum atomic E-state index is -0.963. The van der Waals surface area contributed by atoms with Crippen molar-refractivity contribution in [2.24, 2.45) is 5.73 Å². The summed E-state index contributed by atoms with van der Waals surface area (Å²) in [7, 11) is 0. The molecule has 1 unspecified atom stereocenters. The highest BCUT2D eigenvalue weighted by Gasteiger charge is 2.28. The number of nitrogens with two attached hydrogens (primary N) is 1. The molecular formula is C10H19N3O2. The van der Waals surface area contributed by atoms with Gasteiger partial charge in [-0.3, -0.25) is 9.59 Å². The fourth-order valence-corrected chi connectivity index (χ4v) is 1.62. The van der Waals surface area contributed by atoms with Gasteiger partial charge in [0.1, 0.15) is 5.54 Å². The largest absolute Gasteiger partial charge is 0.368 e. The Kier molecular flexibility index (Phi) is 3.68. The standard InChI is InChI=1S/C10H19N3O2/c1-10(2,9(11)15)13-8(14)6-7-4-3-5-12-7/h7,12H,3-6H2,1-2H3,(H2,11,15)(H,13,14). The third-order valence-corrected chi connectivity index (χ3v) is 2.66. The van der Waals surface area contributed by atoms with Crippen molar-refractivity contribution in [2.45, 2.75) is 44.7 Å². The van der Waals surface area contributed by atoms with E-state index >= 15 is 0 Å². The van der Waals surface area contributed by atoms with E-state index in [-0.39, 0.29) is 11.9 Å². The normalized spacial score (nSPS) is 21.3. The van der Waals surface area contributed by atoms with Crippen LogP contribution in [0.2, 0.25) is 0 Å². The number of carbonyl (C=O) groups excluding carboxylic acids is 2. The lowest BCUT2D eigenvalue weighted by atomic mass is 10.0. The maximum absolute atomic E-state index is 11.6. The molecule has 86 valence electrons. The van der Waals surface area contributed by atoms with E-state index in [0.29, 0.717) is 6.42 Å². The van der Waals surface area contributed by atoms with Crippen LogP contribution in [-0.4, -0.2) is 29.9 Å². The zero-order valence-electron chi connectivity index (χ0n) is 9.30. The number of hydrogen-bond donors (Lipinski definition) is 3. The predicted molar refractivity (Wildman–Crippen MR) is 57.1 cm³/mol. The summed E-state index contributed by atoms with van der Waals surface area (Å²) in [4.78, 5) is 22.5. The van der Waals surface area contributed by atoms with Crippen molar-refractivity contribution in [3.05, 3.63) is 0 Å². The van der Waals surface area contributed by atoms with Gasteiger partial charge in [0.05, 0.1) is 0 Å². The fraction of sp³-hybridized carbons (Fsp3) is 0.800. The van der Waals surface area contributed by atoms with Crippen molar-refractivity contribution in [3.8, 4) is 0 Å². The van der Waals surface area contributed by atoms with Crippen LogP contribution in [0.4, 0.5) is 0 Å². The van der Waals surface area contributed by atoms with E-state index in [0.717, 1.165) is 19.4 Å². The Morgan fingerprint density at radius 1 is 1.53 bits per heavy atom. The molecule has 1 aliphatic heterocycles. The Morgan fingerprint density at radius 3 is 2.67 bits per heavy atom. The van der Waals surface area contributed by atoms with E-state index in [2.05, 4.69) is 10.6 Å². The second kappa shape index (κ2) is 4.61. The lowest BCUT2D eigenvalue weighted by molar-refractivity contribution is -0.130. The second-order valence-corrected chi connectivity index (χ2v) is 4.53. The Morgan fingerprint density at radius 2 is 2.20 bits per heavy atom. The summed E-state index contributed by atoms with van der Waals surface area (Å²) in [6.45, 7) is 4.18. The Bertz CT molecular complexity index is 257. The highest BCUT2D eigenvalue weighted by Crippen LogP contribution is 2.09. The molecule has 5 heteroatoms. The first kappa shape index (κ1) is 12.0. The van der Waals surface area contributed by atoms with Crippen LogP contribution in [0, 0.1) is 0 Å². The highest BCUT2D eigenvalue weighted by molar-refractivity contribution is 5.89. The van der Waals surface area contributed by atoms with Crippen molar-refractivity contribution in [3.63, 3.8) is 0 Å². The smallest absolute Gasteiger partial charge is 0.242 e. The monoisotopic (exact) mass is 213 g/mol. The number of amides is 2. The third-order valence-electron chi connectivity index (χ3n) is 2.66. The van der Waals surface area contributed by atoms with Gasteiger partial charge in [0.25, 0.3) is 0 Å². The van der Waals surface area contributed by atoms with Gasteiger partial charge in [0.15, 0.2) is 0 Å². The minimum Gasteiger partial charge on any atom is -0.368 e. The molecule has 1 fully saturated rings. The zero-order valence-corrected chi connectivity index (χ0v) is 9.30. The third kappa shape index (κ3) is 3.51. The molecule has 0 aromatic rings. The molecule has 0 aromatic heterocycles. The van der Waals surface area contributed by atoms with E-state index < -0.39 is 11.4 Å². The molecule has 0 aliphatic carbocycles. The lowest BCUT2D eigenvalue weighted by Crippen LogP contribution is -2.53.